The Morgan fingerprint density at radius 1 is 1.36 bits per heavy atom. The van der Waals surface area contributed by atoms with E-state index in [0.29, 0.717) is 23.1 Å². The SMILES string of the molecule is COc1c(C)cnc(Cn2cc(C#C[C@@H](O)CO)c3c(Cl)nc(N)nc32)c1C. The van der Waals surface area contributed by atoms with Gasteiger partial charge >= 0.3 is 0 Å². The van der Waals surface area contributed by atoms with E-state index in [9.17, 15) is 5.11 Å². The van der Waals surface area contributed by atoms with Crippen molar-refractivity contribution in [2.45, 2.75) is 26.5 Å². The van der Waals surface area contributed by atoms with Gasteiger partial charge in [0.2, 0.25) is 5.95 Å². The minimum absolute atomic E-state index is 0.0397. The number of pyridine rings is 1. The van der Waals surface area contributed by atoms with Crippen LogP contribution in [0.5, 0.6) is 5.75 Å². The molecule has 0 aliphatic rings. The summed E-state index contributed by atoms with van der Waals surface area (Å²) in [7, 11) is 1.62. The molecule has 0 fully saturated rings. The zero-order valence-corrected chi connectivity index (χ0v) is 16.4. The minimum atomic E-state index is -1.16. The summed E-state index contributed by atoms with van der Waals surface area (Å²) < 4.78 is 7.29. The van der Waals surface area contributed by atoms with Crippen LogP contribution in [0.25, 0.3) is 11.0 Å². The van der Waals surface area contributed by atoms with E-state index in [1.165, 1.54) is 0 Å². The fourth-order valence-electron chi connectivity index (χ4n) is 2.97. The van der Waals surface area contributed by atoms with Crippen molar-refractivity contribution >= 4 is 28.6 Å². The smallest absolute Gasteiger partial charge is 0.223 e. The van der Waals surface area contributed by atoms with Crippen LogP contribution in [0.3, 0.4) is 0 Å². The van der Waals surface area contributed by atoms with Gasteiger partial charge in [0.25, 0.3) is 0 Å². The number of aryl methyl sites for hydroxylation is 1. The van der Waals surface area contributed by atoms with Crippen molar-refractivity contribution in [3.63, 3.8) is 0 Å². The van der Waals surface area contributed by atoms with E-state index in [1.54, 1.807) is 19.5 Å². The number of nitrogens with two attached hydrogens (primary N) is 1. The van der Waals surface area contributed by atoms with Gasteiger partial charge in [0.15, 0.2) is 0 Å². The standard InChI is InChI=1S/C19H20ClN5O3/c1-10-6-22-14(11(2)16(10)28-3)8-25-7-12(4-5-13(27)9-26)15-17(20)23-19(21)24-18(15)25/h6-7,13,26-27H,8-9H2,1-3H3,(H2,21,23,24)/t13-/m1/s1. The van der Waals surface area contributed by atoms with Gasteiger partial charge < -0.3 is 25.3 Å². The Bertz CT molecular complexity index is 1100. The molecule has 0 unspecified atom stereocenters. The molecule has 0 amide bonds. The molecule has 28 heavy (non-hydrogen) atoms. The maximum Gasteiger partial charge on any atom is 0.223 e. The highest BCUT2D eigenvalue weighted by atomic mass is 35.5. The molecule has 3 aromatic heterocycles. The van der Waals surface area contributed by atoms with Crippen molar-refractivity contribution < 1.29 is 14.9 Å². The number of anilines is 1. The number of nitrogens with zero attached hydrogens (tertiary/aromatic N) is 4. The first-order chi connectivity index (χ1) is 13.3. The zero-order valence-electron chi connectivity index (χ0n) is 15.7. The lowest BCUT2D eigenvalue weighted by atomic mass is 10.1. The number of nitrogen functional groups attached to an aromatic ring is 1. The predicted molar refractivity (Wildman–Crippen MR) is 106 cm³/mol. The van der Waals surface area contributed by atoms with Crippen LogP contribution in [0.15, 0.2) is 12.4 Å². The fraction of sp³-hybridized carbons (Fsp3) is 0.316. The summed E-state index contributed by atoms with van der Waals surface area (Å²) in [6.45, 7) is 3.79. The van der Waals surface area contributed by atoms with Crippen LogP contribution in [0.4, 0.5) is 5.95 Å². The second-order valence-corrected chi connectivity index (χ2v) is 6.61. The van der Waals surface area contributed by atoms with Crippen molar-refractivity contribution in [2.75, 3.05) is 19.5 Å². The number of fused-ring (bicyclic) bond motifs is 1. The third-order valence-electron chi connectivity index (χ3n) is 4.31. The molecular formula is C19H20ClN5O3. The van der Waals surface area contributed by atoms with Gasteiger partial charge in [0, 0.05) is 23.5 Å². The van der Waals surface area contributed by atoms with Gasteiger partial charge in [-0.15, -0.1) is 0 Å². The van der Waals surface area contributed by atoms with E-state index in [0.717, 1.165) is 22.6 Å². The maximum atomic E-state index is 9.53. The van der Waals surface area contributed by atoms with Gasteiger partial charge in [0.1, 0.15) is 22.7 Å². The summed E-state index contributed by atoms with van der Waals surface area (Å²) in [5.41, 5.74) is 9.45. The molecule has 146 valence electrons. The predicted octanol–water partition coefficient (Wildman–Crippen LogP) is 1.44. The molecule has 0 spiro atoms. The van der Waals surface area contributed by atoms with E-state index >= 15 is 0 Å². The van der Waals surface area contributed by atoms with Gasteiger partial charge in [-0.2, -0.15) is 4.98 Å². The number of hydrogen-bond acceptors (Lipinski definition) is 7. The molecule has 0 aliphatic carbocycles. The van der Waals surface area contributed by atoms with Crippen LogP contribution in [0.2, 0.25) is 5.15 Å². The molecule has 0 bridgehead atoms. The average molecular weight is 402 g/mol. The summed E-state index contributed by atoms with van der Waals surface area (Å²) in [6.07, 6.45) is 2.34. The Balaban J connectivity index is 2.15. The lowest BCUT2D eigenvalue weighted by Gasteiger charge is -2.13. The van der Waals surface area contributed by atoms with Gasteiger partial charge in [-0.1, -0.05) is 23.4 Å². The summed E-state index contributed by atoms with van der Waals surface area (Å²) in [5.74, 6) is 6.20. The van der Waals surface area contributed by atoms with Gasteiger partial charge in [-0.3, -0.25) is 4.98 Å². The van der Waals surface area contributed by atoms with E-state index < -0.39 is 12.7 Å². The molecule has 4 N–H and O–H groups in total. The Kier molecular flexibility index (Phi) is 5.70. The van der Waals surface area contributed by atoms with Crippen LogP contribution in [0, 0.1) is 25.7 Å². The minimum Gasteiger partial charge on any atom is -0.496 e. The normalized spacial score (nSPS) is 11.9. The monoisotopic (exact) mass is 401 g/mol. The summed E-state index contributed by atoms with van der Waals surface area (Å²) in [5, 5.41) is 19.2. The molecule has 1 atom stereocenters. The topological polar surface area (TPSA) is 119 Å². The number of aliphatic hydroxyl groups excluding tert-OH is 2. The highest BCUT2D eigenvalue weighted by Crippen LogP contribution is 2.29. The summed E-state index contributed by atoms with van der Waals surface area (Å²) >= 11 is 6.27. The van der Waals surface area contributed by atoms with Gasteiger partial charge in [-0.05, 0) is 13.8 Å². The summed E-state index contributed by atoms with van der Waals surface area (Å²) in [6, 6.07) is 0. The van der Waals surface area contributed by atoms with Crippen LogP contribution in [0.1, 0.15) is 22.4 Å². The zero-order chi connectivity index (χ0) is 20.4. The molecule has 3 heterocycles. The molecule has 3 aromatic rings. The van der Waals surface area contributed by atoms with Crippen LogP contribution in [-0.4, -0.2) is 49.6 Å². The summed E-state index contributed by atoms with van der Waals surface area (Å²) in [4.78, 5) is 12.8. The van der Waals surface area contributed by atoms with Crippen molar-refractivity contribution in [1.29, 1.82) is 0 Å². The Labute approximate surface area is 167 Å². The molecule has 0 saturated carbocycles. The second-order valence-electron chi connectivity index (χ2n) is 6.26. The quantitative estimate of drug-likeness (QED) is 0.447. The number of hydrogen-bond donors (Lipinski definition) is 3. The Hall–Kier alpha value is -2.86. The number of halogens is 1. The number of ether oxygens (including phenoxy) is 1. The number of rotatable bonds is 4. The number of aromatic nitrogens is 4. The van der Waals surface area contributed by atoms with Crippen LogP contribution in [-0.2, 0) is 6.54 Å². The molecule has 0 aliphatic heterocycles. The van der Waals surface area contributed by atoms with Crippen molar-refractivity contribution in [3.8, 4) is 17.6 Å². The highest BCUT2D eigenvalue weighted by Gasteiger charge is 2.17. The fourth-order valence-corrected chi connectivity index (χ4v) is 3.25. The molecule has 3 rings (SSSR count). The van der Waals surface area contributed by atoms with E-state index in [4.69, 9.17) is 27.2 Å². The lowest BCUT2D eigenvalue weighted by Crippen LogP contribution is -2.07. The molecule has 0 radical (unpaired) electrons. The maximum absolute atomic E-state index is 9.53. The van der Waals surface area contributed by atoms with Crippen molar-refractivity contribution in [1.82, 2.24) is 19.5 Å². The van der Waals surface area contributed by atoms with Gasteiger partial charge in [0.05, 0.1) is 36.9 Å². The third kappa shape index (κ3) is 3.73. The van der Waals surface area contributed by atoms with E-state index in [-0.39, 0.29) is 11.1 Å². The van der Waals surface area contributed by atoms with Crippen LogP contribution < -0.4 is 10.5 Å². The molecule has 9 heteroatoms. The lowest BCUT2D eigenvalue weighted by molar-refractivity contribution is 0.138. The van der Waals surface area contributed by atoms with E-state index in [1.807, 2.05) is 18.4 Å². The van der Waals surface area contributed by atoms with Crippen LogP contribution >= 0.6 is 11.6 Å². The average Bonchev–Trinajstić information content (AvgIpc) is 3.00. The van der Waals surface area contributed by atoms with E-state index in [2.05, 4.69) is 26.8 Å². The van der Waals surface area contributed by atoms with Gasteiger partial charge in [-0.25, -0.2) is 4.98 Å². The molecule has 8 nitrogen and oxygen atoms in total. The molecular weight excluding hydrogens is 382 g/mol. The largest absolute Gasteiger partial charge is 0.496 e. The van der Waals surface area contributed by atoms with Crippen molar-refractivity contribution in [3.05, 3.63) is 39.9 Å². The Morgan fingerprint density at radius 2 is 2.11 bits per heavy atom. The number of aliphatic hydroxyl groups is 2. The first-order valence-electron chi connectivity index (χ1n) is 8.47. The molecule has 0 saturated heterocycles. The Morgan fingerprint density at radius 3 is 2.79 bits per heavy atom. The first kappa shape index (κ1) is 19.9. The second kappa shape index (κ2) is 8.02. The highest BCUT2D eigenvalue weighted by molar-refractivity contribution is 6.34. The molecule has 0 aromatic carbocycles. The van der Waals surface area contributed by atoms with Crippen molar-refractivity contribution in [2.24, 2.45) is 0 Å². The number of methoxy groups -OCH3 is 1. The third-order valence-corrected chi connectivity index (χ3v) is 4.58. The first-order valence-corrected chi connectivity index (χ1v) is 8.84.